The summed E-state index contributed by atoms with van der Waals surface area (Å²) in [6.45, 7) is 5.13. The highest BCUT2D eigenvalue weighted by Gasteiger charge is 2.15. The molecule has 0 amide bonds. The Bertz CT molecular complexity index is 504. The summed E-state index contributed by atoms with van der Waals surface area (Å²) in [5.41, 5.74) is 1.25. The van der Waals surface area contributed by atoms with E-state index in [2.05, 4.69) is 43.4 Å². The van der Waals surface area contributed by atoms with Crippen molar-refractivity contribution in [1.82, 2.24) is 5.32 Å². The normalized spacial score (nSPS) is 12.6. The van der Waals surface area contributed by atoms with Crippen LogP contribution in [-0.2, 0) is 12.8 Å². The molecule has 2 rings (SSSR count). The third-order valence-corrected chi connectivity index (χ3v) is 3.43. The molecule has 1 unspecified atom stereocenters. The number of rotatable bonds is 6. The van der Waals surface area contributed by atoms with Gasteiger partial charge in [0.25, 0.3) is 0 Å². The molecule has 1 N–H and O–H groups in total. The van der Waals surface area contributed by atoms with E-state index in [-0.39, 0.29) is 6.04 Å². The topological polar surface area (TPSA) is 25.2 Å². The molecule has 102 valence electrons. The van der Waals surface area contributed by atoms with Crippen molar-refractivity contribution in [2.45, 2.75) is 32.7 Å². The number of hydrogen-bond donors (Lipinski definition) is 1. The van der Waals surface area contributed by atoms with Gasteiger partial charge < -0.3 is 9.73 Å². The van der Waals surface area contributed by atoms with Crippen LogP contribution in [0.15, 0.2) is 40.8 Å². The van der Waals surface area contributed by atoms with Crippen molar-refractivity contribution in [3.05, 3.63) is 58.5 Å². The number of benzene rings is 1. The Kier molecular flexibility index (Phi) is 5.06. The van der Waals surface area contributed by atoms with Gasteiger partial charge in [0.2, 0.25) is 0 Å². The lowest BCUT2D eigenvalue weighted by Crippen LogP contribution is -2.22. The van der Waals surface area contributed by atoms with E-state index in [1.165, 1.54) is 5.56 Å². The number of hydrogen-bond acceptors (Lipinski definition) is 2. The molecule has 1 aromatic carbocycles. The highest BCUT2D eigenvalue weighted by molar-refractivity contribution is 6.30. The molecular formula is C16H20ClNO. The first-order valence-corrected chi connectivity index (χ1v) is 7.17. The summed E-state index contributed by atoms with van der Waals surface area (Å²) < 4.78 is 5.85. The molecule has 0 fully saturated rings. The molecule has 0 bridgehead atoms. The van der Waals surface area contributed by atoms with Gasteiger partial charge in [0.1, 0.15) is 11.5 Å². The van der Waals surface area contributed by atoms with Crippen molar-refractivity contribution < 1.29 is 4.42 Å². The predicted molar refractivity (Wildman–Crippen MR) is 79.7 cm³/mol. The summed E-state index contributed by atoms with van der Waals surface area (Å²) in [7, 11) is 0. The second-order valence-corrected chi connectivity index (χ2v) is 5.03. The maximum atomic E-state index is 5.91. The maximum Gasteiger partial charge on any atom is 0.121 e. The summed E-state index contributed by atoms with van der Waals surface area (Å²) >= 11 is 5.91. The molecule has 3 heteroatoms. The van der Waals surface area contributed by atoms with Crippen LogP contribution >= 0.6 is 11.6 Å². The van der Waals surface area contributed by atoms with E-state index in [0.717, 1.165) is 35.9 Å². The van der Waals surface area contributed by atoms with Crippen molar-refractivity contribution in [2.75, 3.05) is 6.54 Å². The van der Waals surface area contributed by atoms with Gasteiger partial charge in [-0.15, -0.1) is 0 Å². The minimum Gasteiger partial charge on any atom is -0.464 e. The van der Waals surface area contributed by atoms with Crippen LogP contribution in [-0.4, -0.2) is 6.54 Å². The van der Waals surface area contributed by atoms with Crippen molar-refractivity contribution >= 4 is 11.6 Å². The third kappa shape index (κ3) is 3.85. The van der Waals surface area contributed by atoms with Gasteiger partial charge in [0.05, 0.1) is 6.04 Å². The SMILES string of the molecule is CCNC(Cc1ccc(Cl)cc1)c1ccc(CC)o1. The zero-order chi connectivity index (χ0) is 13.7. The molecule has 2 nitrogen and oxygen atoms in total. The fraction of sp³-hybridized carbons (Fsp3) is 0.375. The molecule has 2 aromatic rings. The van der Waals surface area contributed by atoms with Crippen LogP contribution < -0.4 is 5.32 Å². The summed E-state index contributed by atoms with van der Waals surface area (Å²) in [5, 5.41) is 4.25. The second-order valence-electron chi connectivity index (χ2n) is 4.60. The molecule has 1 atom stereocenters. The van der Waals surface area contributed by atoms with E-state index < -0.39 is 0 Å². The first-order chi connectivity index (χ1) is 9.22. The Morgan fingerprint density at radius 1 is 1.11 bits per heavy atom. The lowest BCUT2D eigenvalue weighted by atomic mass is 10.0. The number of nitrogens with one attached hydrogen (secondary N) is 1. The molecule has 0 aliphatic rings. The predicted octanol–water partition coefficient (Wildman–Crippen LogP) is 4.39. The van der Waals surface area contributed by atoms with Crippen molar-refractivity contribution in [3.63, 3.8) is 0 Å². The lowest BCUT2D eigenvalue weighted by Gasteiger charge is -2.15. The van der Waals surface area contributed by atoms with Crippen LogP contribution in [0.2, 0.25) is 5.02 Å². The number of likely N-dealkylation sites (N-methyl/N-ethyl adjacent to an activating group) is 1. The van der Waals surface area contributed by atoms with Gasteiger partial charge >= 0.3 is 0 Å². The van der Waals surface area contributed by atoms with E-state index in [4.69, 9.17) is 16.0 Å². The smallest absolute Gasteiger partial charge is 0.121 e. The molecule has 0 aliphatic carbocycles. The quantitative estimate of drug-likeness (QED) is 0.847. The molecule has 0 saturated heterocycles. The minimum atomic E-state index is 0.214. The Morgan fingerprint density at radius 2 is 1.84 bits per heavy atom. The highest BCUT2D eigenvalue weighted by atomic mass is 35.5. The average Bonchev–Trinajstić information content (AvgIpc) is 2.89. The number of furan rings is 1. The Labute approximate surface area is 119 Å². The van der Waals surface area contributed by atoms with E-state index in [9.17, 15) is 0 Å². The monoisotopic (exact) mass is 277 g/mol. The van der Waals surface area contributed by atoms with E-state index in [1.54, 1.807) is 0 Å². The second kappa shape index (κ2) is 6.78. The standard InChI is InChI=1S/C16H20ClNO/c1-3-14-9-10-16(19-14)15(18-4-2)11-12-5-7-13(17)8-6-12/h5-10,15,18H,3-4,11H2,1-2H3. The summed E-state index contributed by atoms with van der Waals surface area (Å²) in [4.78, 5) is 0. The van der Waals surface area contributed by atoms with E-state index >= 15 is 0 Å². The van der Waals surface area contributed by atoms with Crippen LogP contribution in [0.5, 0.6) is 0 Å². The van der Waals surface area contributed by atoms with Gasteiger partial charge in [-0.1, -0.05) is 37.6 Å². The van der Waals surface area contributed by atoms with Gasteiger partial charge in [-0.05, 0) is 42.8 Å². The molecular weight excluding hydrogens is 258 g/mol. The summed E-state index contributed by atoms with van der Waals surface area (Å²) in [6, 6.07) is 12.3. The first-order valence-electron chi connectivity index (χ1n) is 6.79. The van der Waals surface area contributed by atoms with Gasteiger partial charge in [0.15, 0.2) is 0 Å². The minimum absolute atomic E-state index is 0.214. The molecule has 0 radical (unpaired) electrons. The fourth-order valence-corrected chi connectivity index (χ4v) is 2.27. The van der Waals surface area contributed by atoms with E-state index in [0.29, 0.717) is 0 Å². The maximum absolute atomic E-state index is 5.91. The Balaban J connectivity index is 2.13. The average molecular weight is 278 g/mol. The summed E-state index contributed by atoms with van der Waals surface area (Å²) in [5.74, 6) is 2.04. The number of halogens is 1. The van der Waals surface area contributed by atoms with Gasteiger partial charge in [-0.25, -0.2) is 0 Å². The molecule has 1 heterocycles. The lowest BCUT2D eigenvalue weighted by molar-refractivity contribution is 0.397. The van der Waals surface area contributed by atoms with Crippen molar-refractivity contribution in [2.24, 2.45) is 0 Å². The van der Waals surface area contributed by atoms with Crippen molar-refractivity contribution in [1.29, 1.82) is 0 Å². The Hall–Kier alpha value is -1.25. The third-order valence-electron chi connectivity index (χ3n) is 3.18. The Morgan fingerprint density at radius 3 is 2.42 bits per heavy atom. The van der Waals surface area contributed by atoms with Gasteiger partial charge in [-0.2, -0.15) is 0 Å². The van der Waals surface area contributed by atoms with Crippen LogP contribution in [0.3, 0.4) is 0 Å². The fourth-order valence-electron chi connectivity index (χ4n) is 2.15. The number of aryl methyl sites for hydroxylation is 1. The summed E-state index contributed by atoms with van der Waals surface area (Å²) in [6.07, 6.45) is 1.83. The van der Waals surface area contributed by atoms with Crippen LogP contribution in [0.1, 0.15) is 37.0 Å². The zero-order valence-electron chi connectivity index (χ0n) is 11.4. The van der Waals surface area contributed by atoms with Gasteiger partial charge in [-0.3, -0.25) is 0 Å². The highest BCUT2D eigenvalue weighted by Crippen LogP contribution is 2.22. The molecule has 0 aliphatic heterocycles. The van der Waals surface area contributed by atoms with Crippen molar-refractivity contribution in [3.8, 4) is 0 Å². The molecule has 19 heavy (non-hydrogen) atoms. The molecule has 1 aromatic heterocycles. The van der Waals surface area contributed by atoms with Gasteiger partial charge in [0, 0.05) is 11.4 Å². The molecule has 0 saturated carbocycles. The van der Waals surface area contributed by atoms with Crippen LogP contribution in [0.25, 0.3) is 0 Å². The van der Waals surface area contributed by atoms with E-state index in [1.807, 2.05) is 12.1 Å². The molecule has 0 spiro atoms. The zero-order valence-corrected chi connectivity index (χ0v) is 12.2. The first kappa shape index (κ1) is 14.2. The van der Waals surface area contributed by atoms with Crippen LogP contribution in [0, 0.1) is 0 Å². The largest absolute Gasteiger partial charge is 0.464 e. The van der Waals surface area contributed by atoms with Crippen LogP contribution in [0.4, 0.5) is 0 Å².